The van der Waals surface area contributed by atoms with Gasteiger partial charge < -0.3 is 14.5 Å². The van der Waals surface area contributed by atoms with E-state index in [-0.39, 0.29) is 17.0 Å². The molecular formula is C16H23N3O6S. The van der Waals surface area contributed by atoms with Crippen LogP contribution < -0.4 is 11.1 Å². The second-order valence-electron chi connectivity index (χ2n) is 7.01. The van der Waals surface area contributed by atoms with Gasteiger partial charge in [-0.2, -0.15) is 4.31 Å². The Labute approximate surface area is 151 Å². The van der Waals surface area contributed by atoms with Crippen molar-refractivity contribution >= 4 is 27.2 Å². The number of amides is 1. The van der Waals surface area contributed by atoms with Crippen LogP contribution in [-0.2, 0) is 14.8 Å². The van der Waals surface area contributed by atoms with E-state index in [1.54, 1.807) is 27.7 Å². The summed E-state index contributed by atoms with van der Waals surface area (Å²) in [7, 11) is -2.42. The van der Waals surface area contributed by atoms with Gasteiger partial charge in [-0.05, 0) is 39.8 Å². The third kappa shape index (κ3) is 4.85. The van der Waals surface area contributed by atoms with Crippen LogP contribution in [0.1, 0.15) is 27.7 Å². The molecule has 26 heavy (non-hydrogen) atoms. The first-order valence-electron chi connectivity index (χ1n) is 7.97. The first kappa shape index (κ1) is 20.0. The molecule has 0 spiro atoms. The molecule has 1 aromatic heterocycles. The maximum absolute atomic E-state index is 12.7. The van der Waals surface area contributed by atoms with E-state index in [0.717, 1.165) is 4.31 Å². The minimum Gasteiger partial charge on any atom is -0.444 e. The molecule has 10 heteroatoms. The highest BCUT2D eigenvalue weighted by Gasteiger charge is 2.25. The normalized spacial score (nSPS) is 13.8. The third-order valence-corrected chi connectivity index (χ3v) is 5.21. The van der Waals surface area contributed by atoms with Crippen molar-refractivity contribution < 1.29 is 22.4 Å². The SMILES string of the molecule is C[C@@H](CN(C)S(=O)(=O)c1ccc2[nH]c(=O)oc2c1)NC(=O)OC(C)(C)C. The van der Waals surface area contributed by atoms with Crippen molar-refractivity contribution in [2.45, 2.75) is 44.2 Å². The molecular weight excluding hydrogens is 362 g/mol. The number of aromatic nitrogens is 1. The summed E-state index contributed by atoms with van der Waals surface area (Å²) in [6.07, 6.45) is -0.619. The lowest BCUT2D eigenvalue weighted by Crippen LogP contribution is -2.44. The van der Waals surface area contributed by atoms with Crippen LogP contribution in [0.2, 0.25) is 0 Å². The maximum Gasteiger partial charge on any atom is 0.417 e. The number of aromatic amines is 1. The summed E-state index contributed by atoms with van der Waals surface area (Å²) in [6.45, 7) is 6.93. The number of fused-ring (bicyclic) bond motifs is 1. The maximum atomic E-state index is 12.7. The molecule has 2 N–H and O–H groups in total. The molecule has 0 aliphatic heterocycles. The highest BCUT2D eigenvalue weighted by Crippen LogP contribution is 2.19. The second kappa shape index (κ2) is 7.12. The average Bonchev–Trinajstić information content (AvgIpc) is 2.83. The number of ether oxygens (including phenoxy) is 1. The first-order valence-corrected chi connectivity index (χ1v) is 9.41. The number of alkyl carbamates (subject to hydrolysis) is 1. The van der Waals surface area contributed by atoms with Gasteiger partial charge in [0.1, 0.15) is 5.60 Å². The summed E-state index contributed by atoms with van der Waals surface area (Å²) in [5, 5.41) is 2.59. The fourth-order valence-corrected chi connectivity index (χ4v) is 3.58. The number of nitrogens with zero attached hydrogens (tertiary/aromatic N) is 1. The smallest absolute Gasteiger partial charge is 0.417 e. The number of carbonyl (C=O) groups is 1. The molecule has 1 heterocycles. The van der Waals surface area contributed by atoms with Gasteiger partial charge in [-0.15, -0.1) is 0 Å². The molecule has 0 bridgehead atoms. The lowest BCUT2D eigenvalue weighted by Gasteiger charge is -2.24. The first-order chi connectivity index (χ1) is 11.9. The third-order valence-electron chi connectivity index (χ3n) is 3.39. The molecule has 0 radical (unpaired) electrons. The monoisotopic (exact) mass is 385 g/mol. The van der Waals surface area contributed by atoms with Gasteiger partial charge in [0, 0.05) is 25.7 Å². The van der Waals surface area contributed by atoms with Crippen LogP contribution in [-0.4, -0.2) is 49.0 Å². The minimum absolute atomic E-state index is 0.0141. The van der Waals surface area contributed by atoms with E-state index in [0.29, 0.717) is 5.52 Å². The van der Waals surface area contributed by atoms with E-state index >= 15 is 0 Å². The number of nitrogens with one attached hydrogen (secondary N) is 2. The van der Waals surface area contributed by atoms with Crippen molar-refractivity contribution in [3.05, 3.63) is 28.7 Å². The Bertz CT molecular complexity index is 954. The Morgan fingerprint density at radius 1 is 1.38 bits per heavy atom. The molecule has 1 atom stereocenters. The minimum atomic E-state index is -3.82. The number of carbonyl (C=O) groups excluding carboxylic acids is 1. The number of benzene rings is 1. The zero-order valence-electron chi connectivity index (χ0n) is 15.3. The van der Waals surface area contributed by atoms with Crippen molar-refractivity contribution in [2.24, 2.45) is 0 Å². The number of oxazole rings is 1. The zero-order valence-corrected chi connectivity index (χ0v) is 16.1. The lowest BCUT2D eigenvalue weighted by molar-refractivity contribution is 0.0504. The van der Waals surface area contributed by atoms with Gasteiger partial charge in [0.05, 0.1) is 10.4 Å². The summed E-state index contributed by atoms with van der Waals surface area (Å²) in [4.78, 5) is 25.4. The van der Waals surface area contributed by atoms with Crippen LogP contribution >= 0.6 is 0 Å². The predicted molar refractivity (Wildman–Crippen MR) is 95.5 cm³/mol. The highest BCUT2D eigenvalue weighted by atomic mass is 32.2. The Kier molecular flexibility index (Phi) is 5.47. The van der Waals surface area contributed by atoms with E-state index in [9.17, 15) is 18.0 Å². The fraction of sp³-hybridized carbons (Fsp3) is 0.500. The Morgan fingerprint density at radius 2 is 2.04 bits per heavy atom. The van der Waals surface area contributed by atoms with Crippen molar-refractivity contribution in [3.63, 3.8) is 0 Å². The Morgan fingerprint density at radius 3 is 2.65 bits per heavy atom. The van der Waals surface area contributed by atoms with Gasteiger partial charge in [0.2, 0.25) is 10.0 Å². The molecule has 0 fully saturated rings. The standard InChI is InChI=1S/C16H23N3O6S/c1-10(17-15(21)25-16(2,3)4)9-19(5)26(22,23)11-6-7-12-13(8-11)24-14(20)18-12/h6-8,10H,9H2,1-5H3,(H,17,21)(H,18,20)/t10-/m0/s1. The van der Waals surface area contributed by atoms with Crippen LogP contribution in [0.3, 0.4) is 0 Å². The predicted octanol–water partition coefficient (Wildman–Crippen LogP) is 1.65. The number of sulfonamides is 1. The lowest BCUT2D eigenvalue weighted by atomic mass is 10.2. The van der Waals surface area contributed by atoms with E-state index in [4.69, 9.17) is 9.15 Å². The fourth-order valence-electron chi connectivity index (χ4n) is 2.30. The number of rotatable bonds is 5. The molecule has 0 saturated carbocycles. The van der Waals surface area contributed by atoms with Gasteiger partial charge in [-0.3, -0.25) is 4.98 Å². The summed E-state index contributed by atoms with van der Waals surface area (Å²) in [6, 6.07) is 3.65. The largest absolute Gasteiger partial charge is 0.444 e. The molecule has 1 amide bonds. The zero-order chi connectivity index (χ0) is 19.7. The van der Waals surface area contributed by atoms with E-state index < -0.39 is 33.5 Å². The van der Waals surface area contributed by atoms with Crippen LogP contribution in [0.5, 0.6) is 0 Å². The van der Waals surface area contributed by atoms with E-state index in [1.807, 2.05) is 0 Å². The van der Waals surface area contributed by atoms with Gasteiger partial charge in [-0.25, -0.2) is 18.0 Å². The van der Waals surface area contributed by atoms with Crippen LogP contribution in [0.25, 0.3) is 11.1 Å². The topological polar surface area (TPSA) is 122 Å². The Balaban J connectivity index is 2.09. The van der Waals surface area contributed by atoms with Crippen molar-refractivity contribution in [1.82, 2.24) is 14.6 Å². The van der Waals surface area contributed by atoms with Crippen molar-refractivity contribution in [1.29, 1.82) is 0 Å². The molecule has 0 unspecified atom stereocenters. The summed E-state index contributed by atoms with van der Waals surface area (Å²) in [5.41, 5.74) is -0.0709. The summed E-state index contributed by atoms with van der Waals surface area (Å²) in [5.74, 6) is -0.655. The van der Waals surface area contributed by atoms with Crippen LogP contribution in [0, 0.1) is 0 Å². The second-order valence-corrected chi connectivity index (χ2v) is 9.05. The molecule has 2 rings (SSSR count). The van der Waals surface area contributed by atoms with Gasteiger partial charge in [0.15, 0.2) is 5.58 Å². The van der Waals surface area contributed by atoms with Crippen LogP contribution in [0.15, 0.2) is 32.3 Å². The number of likely N-dealkylation sites (N-methyl/N-ethyl adjacent to an activating group) is 1. The summed E-state index contributed by atoms with van der Waals surface area (Å²) < 4.78 is 36.5. The average molecular weight is 385 g/mol. The van der Waals surface area contributed by atoms with Gasteiger partial charge >= 0.3 is 11.8 Å². The van der Waals surface area contributed by atoms with Crippen LogP contribution in [0.4, 0.5) is 4.79 Å². The number of hydrogen-bond donors (Lipinski definition) is 2. The molecule has 9 nitrogen and oxygen atoms in total. The molecule has 0 aliphatic carbocycles. The molecule has 144 valence electrons. The van der Waals surface area contributed by atoms with Gasteiger partial charge in [0.25, 0.3) is 0 Å². The molecule has 0 aliphatic rings. The Hall–Kier alpha value is -2.33. The van der Waals surface area contributed by atoms with Crippen molar-refractivity contribution in [3.8, 4) is 0 Å². The van der Waals surface area contributed by atoms with E-state index in [2.05, 4.69) is 10.3 Å². The molecule has 2 aromatic rings. The number of H-pyrrole nitrogens is 1. The van der Waals surface area contributed by atoms with Crippen molar-refractivity contribution in [2.75, 3.05) is 13.6 Å². The quantitative estimate of drug-likeness (QED) is 0.807. The molecule has 0 saturated heterocycles. The summed E-state index contributed by atoms with van der Waals surface area (Å²) >= 11 is 0. The molecule has 1 aromatic carbocycles. The van der Waals surface area contributed by atoms with Gasteiger partial charge in [-0.1, -0.05) is 0 Å². The van der Waals surface area contributed by atoms with E-state index in [1.165, 1.54) is 25.2 Å². The highest BCUT2D eigenvalue weighted by molar-refractivity contribution is 7.89. The number of hydrogen-bond acceptors (Lipinski definition) is 6.